The summed E-state index contributed by atoms with van der Waals surface area (Å²) in [7, 11) is -1.33. The zero-order valence-electron chi connectivity index (χ0n) is 11.7. The minimum Gasteiger partial charge on any atom is -0.352 e. The Bertz CT molecular complexity index is 598. The molecule has 20 heavy (non-hydrogen) atoms. The van der Waals surface area contributed by atoms with Crippen molar-refractivity contribution in [3.05, 3.63) is 35.4 Å². The van der Waals surface area contributed by atoms with Gasteiger partial charge in [-0.15, -0.1) is 6.42 Å². The van der Waals surface area contributed by atoms with Crippen LogP contribution in [0.4, 0.5) is 0 Å². The summed E-state index contributed by atoms with van der Waals surface area (Å²) in [4.78, 5) is 4.03. The predicted molar refractivity (Wildman–Crippen MR) is 82.0 cm³/mol. The summed E-state index contributed by atoms with van der Waals surface area (Å²) in [5.74, 6) is 3.16. The molecule has 0 spiro atoms. The first-order chi connectivity index (χ1) is 9.44. The average Bonchev–Trinajstić information content (AvgIpc) is 2.39. The lowest BCUT2D eigenvalue weighted by Gasteiger charge is -2.10. The van der Waals surface area contributed by atoms with Gasteiger partial charge in [0.25, 0.3) is 0 Å². The summed E-state index contributed by atoms with van der Waals surface area (Å²) in [5.41, 5.74) is 1.82. The minimum atomic E-state index is -2.99. The van der Waals surface area contributed by atoms with E-state index in [0.29, 0.717) is 19.0 Å². The lowest BCUT2D eigenvalue weighted by molar-refractivity contribution is 0.601. The molecule has 0 heterocycles. The van der Waals surface area contributed by atoms with Gasteiger partial charge in [-0.25, -0.2) is 8.42 Å². The molecule has 0 aromatic heterocycles. The molecule has 0 fully saturated rings. The SMILES string of the molecule is C#CCNC(=NC)NCc1ccc(CS(C)(=O)=O)cc1. The number of terminal acetylenes is 1. The Morgan fingerprint density at radius 3 is 2.35 bits per heavy atom. The minimum absolute atomic E-state index is 0.0616. The average molecular weight is 293 g/mol. The van der Waals surface area contributed by atoms with Crippen molar-refractivity contribution in [3.8, 4) is 12.3 Å². The van der Waals surface area contributed by atoms with Gasteiger partial charge in [-0.3, -0.25) is 4.99 Å². The van der Waals surface area contributed by atoms with Crippen molar-refractivity contribution in [2.75, 3.05) is 19.8 Å². The summed E-state index contributed by atoms with van der Waals surface area (Å²) in [6.07, 6.45) is 6.39. The number of nitrogens with zero attached hydrogens (tertiary/aromatic N) is 1. The maximum atomic E-state index is 11.2. The smallest absolute Gasteiger partial charge is 0.192 e. The fourth-order valence-corrected chi connectivity index (χ4v) is 2.40. The molecule has 0 unspecified atom stereocenters. The number of aliphatic imine (C=N–C) groups is 1. The molecular formula is C14H19N3O2S. The highest BCUT2D eigenvalue weighted by atomic mass is 32.2. The van der Waals surface area contributed by atoms with Gasteiger partial charge in [-0.05, 0) is 11.1 Å². The van der Waals surface area contributed by atoms with E-state index in [0.717, 1.165) is 11.1 Å². The summed E-state index contributed by atoms with van der Waals surface area (Å²) in [5, 5.41) is 6.07. The van der Waals surface area contributed by atoms with Gasteiger partial charge in [0.05, 0.1) is 12.3 Å². The number of benzene rings is 1. The van der Waals surface area contributed by atoms with Crippen LogP contribution in [0, 0.1) is 12.3 Å². The Kier molecular flexibility index (Phi) is 6.07. The molecule has 0 bridgehead atoms. The van der Waals surface area contributed by atoms with Crippen molar-refractivity contribution < 1.29 is 8.42 Å². The second kappa shape index (κ2) is 7.56. The molecule has 0 amide bonds. The van der Waals surface area contributed by atoms with Gasteiger partial charge in [0.1, 0.15) is 0 Å². The molecule has 5 nitrogen and oxygen atoms in total. The quantitative estimate of drug-likeness (QED) is 0.472. The van der Waals surface area contributed by atoms with Crippen LogP contribution in [0.2, 0.25) is 0 Å². The molecule has 0 aliphatic carbocycles. The molecule has 108 valence electrons. The Morgan fingerprint density at radius 1 is 1.25 bits per heavy atom. The number of nitrogens with one attached hydrogen (secondary N) is 2. The fourth-order valence-electron chi connectivity index (χ4n) is 1.60. The predicted octanol–water partition coefficient (Wildman–Crippen LogP) is 0.529. The van der Waals surface area contributed by atoms with Crippen molar-refractivity contribution in [3.63, 3.8) is 0 Å². The second-order valence-electron chi connectivity index (χ2n) is 4.37. The highest BCUT2D eigenvalue weighted by molar-refractivity contribution is 7.89. The van der Waals surface area contributed by atoms with E-state index in [2.05, 4.69) is 21.5 Å². The third-order valence-electron chi connectivity index (χ3n) is 2.49. The molecule has 0 aliphatic rings. The van der Waals surface area contributed by atoms with E-state index >= 15 is 0 Å². The van der Waals surface area contributed by atoms with Crippen molar-refractivity contribution in [2.45, 2.75) is 12.3 Å². The topological polar surface area (TPSA) is 70.6 Å². The van der Waals surface area contributed by atoms with Crippen LogP contribution < -0.4 is 10.6 Å². The molecular weight excluding hydrogens is 274 g/mol. The Balaban J connectivity index is 2.56. The van der Waals surface area contributed by atoms with Gasteiger partial charge in [-0.2, -0.15) is 0 Å². The van der Waals surface area contributed by atoms with Gasteiger partial charge in [-0.1, -0.05) is 30.2 Å². The zero-order chi connectivity index (χ0) is 15.0. The molecule has 0 radical (unpaired) electrons. The zero-order valence-corrected chi connectivity index (χ0v) is 12.5. The van der Waals surface area contributed by atoms with Crippen molar-refractivity contribution in [2.24, 2.45) is 4.99 Å². The van der Waals surface area contributed by atoms with Crippen LogP contribution in [0.25, 0.3) is 0 Å². The van der Waals surface area contributed by atoms with Crippen LogP contribution in [-0.4, -0.2) is 34.2 Å². The van der Waals surface area contributed by atoms with Crippen LogP contribution in [-0.2, 0) is 22.1 Å². The first-order valence-corrected chi connectivity index (χ1v) is 8.14. The highest BCUT2D eigenvalue weighted by Crippen LogP contribution is 2.07. The Morgan fingerprint density at radius 2 is 1.85 bits per heavy atom. The number of sulfone groups is 1. The molecule has 1 aromatic rings. The number of hydrogen-bond acceptors (Lipinski definition) is 3. The maximum absolute atomic E-state index is 11.2. The van der Waals surface area contributed by atoms with Gasteiger partial charge in [0.2, 0.25) is 0 Å². The fraction of sp³-hybridized carbons (Fsp3) is 0.357. The standard InChI is InChI=1S/C14H19N3O2S/c1-4-9-16-14(15-2)17-10-12-5-7-13(8-6-12)11-20(3,18)19/h1,5-8H,9-11H2,2-3H3,(H2,15,16,17). The molecule has 0 saturated carbocycles. The first-order valence-electron chi connectivity index (χ1n) is 6.08. The van der Waals surface area contributed by atoms with E-state index in [-0.39, 0.29) is 5.75 Å². The molecule has 0 aliphatic heterocycles. The van der Waals surface area contributed by atoms with Crippen molar-refractivity contribution in [1.82, 2.24) is 10.6 Å². The molecule has 6 heteroatoms. The molecule has 0 saturated heterocycles. The second-order valence-corrected chi connectivity index (χ2v) is 6.51. The molecule has 2 N–H and O–H groups in total. The molecule has 0 atom stereocenters. The lowest BCUT2D eigenvalue weighted by Crippen LogP contribution is -2.36. The number of hydrogen-bond donors (Lipinski definition) is 2. The van der Waals surface area contributed by atoms with E-state index in [1.54, 1.807) is 7.05 Å². The summed E-state index contributed by atoms with van der Waals surface area (Å²) < 4.78 is 22.4. The monoisotopic (exact) mass is 293 g/mol. The van der Waals surface area contributed by atoms with Crippen LogP contribution in [0.3, 0.4) is 0 Å². The van der Waals surface area contributed by atoms with E-state index < -0.39 is 9.84 Å². The van der Waals surface area contributed by atoms with E-state index in [4.69, 9.17) is 6.42 Å². The van der Waals surface area contributed by atoms with E-state index in [1.807, 2.05) is 24.3 Å². The third-order valence-corrected chi connectivity index (χ3v) is 3.35. The normalized spacial score (nSPS) is 11.8. The summed E-state index contributed by atoms with van der Waals surface area (Å²) >= 11 is 0. The first kappa shape index (κ1) is 16.1. The third kappa shape index (κ3) is 6.25. The number of rotatable bonds is 5. The van der Waals surface area contributed by atoms with E-state index in [1.165, 1.54) is 6.26 Å². The highest BCUT2D eigenvalue weighted by Gasteiger charge is 2.04. The van der Waals surface area contributed by atoms with Crippen LogP contribution in [0.15, 0.2) is 29.3 Å². The maximum Gasteiger partial charge on any atom is 0.192 e. The van der Waals surface area contributed by atoms with Crippen molar-refractivity contribution in [1.29, 1.82) is 0 Å². The van der Waals surface area contributed by atoms with Gasteiger partial charge >= 0.3 is 0 Å². The largest absolute Gasteiger partial charge is 0.352 e. The molecule has 1 aromatic carbocycles. The van der Waals surface area contributed by atoms with E-state index in [9.17, 15) is 8.42 Å². The van der Waals surface area contributed by atoms with Crippen LogP contribution >= 0.6 is 0 Å². The van der Waals surface area contributed by atoms with Crippen LogP contribution in [0.5, 0.6) is 0 Å². The van der Waals surface area contributed by atoms with Crippen molar-refractivity contribution >= 4 is 15.8 Å². The van der Waals surface area contributed by atoms with Crippen LogP contribution in [0.1, 0.15) is 11.1 Å². The summed E-state index contributed by atoms with van der Waals surface area (Å²) in [6, 6.07) is 7.41. The van der Waals surface area contributed by atoms with Gasteiger partial charge in [0, 0.05) is 19.8 Å². The summed E-state index contributed by atoms with van der Waals surface area (Å²) in [6.45, 7) is 0.996. The van der Waals surface area contributed by atoms with Gasteiger partial charge < -0.3 is 10.6 Å². The Hall–Kier alpha value is -2.00. The van der Waals surface area contributed by atoms with Gasteiger partial charge in [0.15, 0.2) is 15.8 Å². The number of guanidine groups is 1. The lowest BCUT2D eigenvalue weighted by atomic mass is 10.1. The Labute approximate surface area is 120 Å². The molecule has 1 rings (SSSR count).